The minimum atomic E-state index is -0.430. The van der Waals surface area contributed by atoms with Gasteiger partial charge in [-0.05, 0) is 87.3 Å². The molecular formula is C29H42N8O2. The number of nitrogens with zero attached hydrogens (tertiary/aromatic N) is 6. The quantitative estimate of drug-likeness (QED) is 0.583. The van der Waals surface area contributed by atoms with Gasteiger partial charge in [0.25, 0.3) is 11.8 Å². The highest BCUT2D eigenvalue weighted by atomic mass is 16.2. The summed E-state index contributed by atoms with van der Waals surface area (Å²) in [6, 6.07) is 7.95. The van der Waals surface area contributed by atoms with Crippen LogP contribution in [0.1, 0.15) is 94.4 Å². The molecule has 1 saturated heterocycles. The van der Waals surface area contributed by atoms with Gasteiger partial charge in [-0.1, -0.05) is 38.1 Å². The fourth-order valence-corrected chi connectivity index (χ4v) is 6.43. The van der Waals surface area contributed by atoms with Gasteiger partial charge in [-0.3, -0.25) is 9.59 Å². The van der Waals surface area contributed by atoms with Gasteiger partial charge >= 0.3 is 0 Å². The number of likely N-dealkylation sites (tertiary alicyclic amines) is 1. The second-order valence-corrected chi connectivity index (χ2v) is 12.5. The number of aromatic nitrogens is 4. The number of piperidine rings is 1. The van der Waals surface area contributed by atoms with Crippen molar-refractivity contribution < 1.29 is 9.59 Å². The SMILES string of the molecule is CC1CCCCN1C1=NC2(CCC(C(C)(C)C)CC2)N(CCc2ccc(C(=O)NCc3nn[nH]n3)cc2)C1=O. The summed E-state index contributed by atoms with van der Waals surface area (Å²) in [4.78, 5) is 36.0. The van der Waals surface area contributed by atoms with Crippen LogP contribution in [0, 0.1) is 11.3 Å². The fraction of sp³-hybridized carbons (Fsp3) is 0.655. The largest absolute Gasteiger partial charge is 0.350 e. The van der Waals surface area contributed by atoms with E-state index in [0.717, 1.165) is 57.1 Å². The van der Waals surface area contributed by atoms with E-state index in [2.05, 4.69) is 63.4 Å². The monoisotopic (exact) mass is 534 g/mol. The van der Waals surface area contributed by atoms with Gasteiger partial charge in [-0.15, -0.1) is 10.2 Å². The average Bonchev–Trinajstić information content (AvgIpc) is 3.53. The Balaban J connectivity index is 1.27. The molecule has 39 heavy (non-hydrogen) atoms. The fourth-order valence-electron chi connectivity index (χ4n) is 6.43. The molecule has 10 heteroatoms. The molecule has 1 aromatic heterocycles. The molecule has 2 N–H and O–H groups in total. The smallest absolute Gasteiger partial charge is 0.291 e. The van der Waals surface area contributed by atoms with Crippen LogP contribution in [0.3, 0.4) is 0 Å². The van der Waals surface area contributed by atoms with Crippen molar-refractivity contribution in [1.29, 1.82) is 0 Å². The number of rotatable bonds is 6. The lowest BCUT2D eigenvalue weighted by atomic mass is 9.69. The highest BCUT2D eigenvalue weighted by Gasteiger charge is 2.51. The molecular weight excluding hydrogens is 492 g/mol. The van der Waals surface area contributed by atoms with Gasteiger partial charge in [0.05, 0.1) is 6.54 Å². The number of amidine groups is 1. The number of nitrogens with one attached hydrogen (secondary N) is 2. The molecule has 2 amide bonds. The van der Waals surface area contributed by atoms with E-state index in [1.807, 2.05) is 24.3 Å². The van der Waals surface area contributed by atoms with E-state index in [1.54, 1.807) is 0 Å². The first-order valence-corrected chi connectivity index (χ1v) is 14.4. The molecule has 1 aromatic carbocycles. The number of H-pyrrole nitrogens is 1. The summed E-state index contributed by atoms with van der Waals surface area (Å²) in [5.41, 5.74) is 1.50. The van der Waals surface area contributed by atoms with Crippen LogP contribution in [0.5, 0.6) is 0 Å². The molecule has 210 valence electrons. The summed E-state index contributed by atoms with van der Waals surface area (Å²) in [6.45, 7) is 10.9. The van der Waals surface area contributed by atoms with E-state index in [1.165, 1.54) is 6.42 Å². The lowest BCUT2D eigenvalue weighted by Gasteiger charge is -2.44. The van der Waals surface area contributed by atoms with Gasteiger partial charge in [-0.25, -0.2) is 4.99 Å². The van der Waals surface area contributed by atoms with E-state index in [-0.39, 0.29) is 23.8 Å². The van der Waals surface area contributed by atoms with Gasteiger partial charge in [0, 0.05) is 24.7 Å². The standard InChI is InChI=1S/C29H42N8O2/c1-20-7-5-6-17-36(20)25-27(39)37(29(31-25)15-12-23(13-16-29)28(2,3)4)18-14-21-8-10-22(11-9-21)26(38)30-19-24-32-34-35-33-24/h8-11,20,23H,5-7,12-19H2,1-4H3,(H,30,38)(H,32,33,34,35). The molecule has 1 atom stereocenters. The lowest BCUT2D eigenvalue weighted by molar-refractivity contribution is -0.130. The van der Waals surface area contributed by atoms with Crippen molar-refractivity contribution in [3.8, 4) is 0 Å². The molecule has 5 rings (SSSR count). The number of hydrogen-bond acceptors (Lipinski definition) is 7. The Morgan fingerprint density at radius 2 is 1.87 bits per heavy atom. The topological polar surface area (TPSA) is 119 Å². The molecule has 1 aliphatic carbocycles. The molecule has 2 aromatic rings. The van der Waals surface area contributed by atoms with Crippen LogP contribution in [0.2, 0.25) is 0 Å². The number of amides is 2. The minimum absolute atomic E-state index is 0.0930. The number of carbonyl (C=O) groups excluding carboxylic acids is 2. The molecule has 0 radical (unpaired) electrons. The van der Waals surface area contributed by atoms with Crippen LogP contribution in [-0.2, 0) is 17.8 Å². The Bertz CT molecular complexity index is 1180. The van der Waals surface area contributed by atoms with Crippen molar-refractivity contribution in [1.82, 2.24) is 35.7 Å². The van der Waals surface area contributed by atoms with E-state index in [0.29, 0.717) is 35.7 Å². The van der Waals surface area contributed by atoms with Crippen molar-refractivity contribution in [2.24, 2.45) is 16.3 Å². The van der Waals surface area contributed by atoms with Crippen molar-refractivity contribution >= 4 is 17.6 Å². The van der Waals surface area contributed by atoms with Gasteiger partial charge in [0.15, 0.2) is 11.7 Å². The molecule has 2 fully saturated rings. The number of aliphatic imine (C=N–C) groups is 1. The predicted molar refractivity (Wildman–Crippen MR) is 149 cm³/mol. The number of tetrazole rings is 1. The Morgan fingerprint density at radius 1 is 1.13 bits per heavy atom. The van der Waals surface area contributed by atoms with Crippen LogP contribution >= 0.6 is 0 Å². The average molecular weight is 535 g/mol. The number of hydrogen-bond donors (Lipinski definition) is 2. The van der Waals surface area contributed by atoms with Crippen molar-refractivity contribution in [2.45, 2.75) is 97.3 Å². The van der Waals surface area contributed by atoms with E-state index in [9.17, 15) is 9.59 Å². The zero-order valence-corrected chi connectivity index (χ0v) is 23.7. The highest BCUT2D eigenvalue weighted by Crippen LogP contribution is 2.46. The first kappa shape index (κ1) is 27.3. The molecule has 0 bridgehead atoms. The molecule has 1 unspecified atom stereocenters. The summed E-state index contributed by atoms with van der Waals surface area (Å²) in [5, 5.41) is 16.4. The second kappa shape index (κ2) is 11.1. The predicted octanol–water partition coefficient (Wildman–Crippen LogP) is 3.72. The molecule has 2 aliphatic heterocycles. The third-order valence-electron chi connectivity index (χ3n) is 8.98. The molecule has 10 nitrogen and oxygen atoms in total. The maximum atomic E-state index is 13.9. The summed E-state index contributed by atoms with van der Waals surface area (Å²) >= 11 is 0. The van der Waals surface area contributed by atoms with Crippen LogP contribution in [0.4, 0.5) is 0 Å². The Labute approximate surface area is 231 Å². The summed E-state index contributed by atoms with van der Waals surface area (Å²) in [7, 11) is 0. The molecule has 1 spiro atoms. The van der Waals surface area contributed by atoms with Crippen LogP contribution in [0.25, 0.3) is 0 Å². The Kier molecular flexibility index (Phi) is 7.73. The zero-order chi connectivity index (χ0) is 27.6. The highest BCUT2D eigenvalue weighted by molar-refractivity contribution is 6.39. The maximum Gasteiger partial charge on any atom is 0.291 e. The first-order valence-electron chi connectivity index (χ1n) is 14.4. The Morgan fingerprint density at radius 3 is 2.51 bits per heavy atom. The summed E-state index contributed by atoms with van der Waals surface area (Å²) < 4.78 is 0. The first-order chi connectivity index (χ1) is 18.7. The van der Waals surface area contributed by atoms with E-state index >= 15 is 0 Å². The normalized spacial score (nSPS) is 25.7. The van der Waals surface area contributed by atoms with Crippen LogP contribution in [-0.4, -0.2) is 72.9 Å². The molecule has 3 aliphatic rings. The number of aromatic amines is 1. The lowest BCUT2D eigenvalue weighted by Crippen LogP contribution is -2.52. The third-order valence-corrected chi connectivity index (χ3v) is 8.98. The van der Waals surface area contributed by atoms with E-state index < -0.39 is 5.66 Å². The second-order valence-electron chi connectivity index (χ2n) is 12.5. The van der Waals surface area contributed by atoms with E-state index in [4.69, 9.17) is 4.99 Å². The van der Waals surface area contributed by atoms with Gasteiger partial charge < -0.3 is 15.1 Å². The third kappa shape index (κ3) is 5.84. The number of benzene rings is 1. The van der Waals surface area contributed by atoms with Crippen molar-refractivity contribution in [2.75, 3.05) is 13.1 Å². The van der Waals surface area contributed by atoms with Gasteiger partial charge in [0.2, 0.25) is 0 Å². The van der Waals surface area contributed by atoms with Crippen LogP contribution < -0.4 is 5.32 Å². The number of carbonyl (C=O) groups is 2. The maximum absolute atomic E-state index is 13.9. The zero-order valence-electron chi connectivity index (χ0n) is 23.7. The van der Waals surface area contributed by atoms with Gasteiger partial charge in [0.1, 0.15) is 5.66 Å². The summed E-state index contributed by atoms with van der Waals surface area (Å²) in [5.74, 6) is 1.66. The van der Waals surface area contributed by atoms with Crippen molar-refractivity contribution in [3.63, 3.8) is 0 Å². The molecule has 1 saturated carbocycles. The van der Waals surface area contributed by atoms with Crippen molar-refractivity contribution in [3.05, 3.63) is 41.2 Å². The molecule has 3 heterocycles. The Hall–Kier alpha value is -3.30. The summed E-state index contributed by atoms with van der Waals surface area (Å²) in [6.07, 6.45) is 8.19. The minimum Gasteiger partial charge on any atom is -0.350 e. The van der Waals surface area contributed by atoms with Crippen LogP contribution in [0.15, 0.2) is 29.3 Å². The van der Waals surface area contributed by atoms with Gasteiger partial charge in [-0.2, -0.15) is 5.21 Å².